The topological polar surface area (TPSA) is 93.9 Å². The van der Waals surface area contributed by atoms with E-state index in [0.717, 1.165) is 12.1 Å². The molecular weight excluding hydrogens is 346 g/mol. The molecule has 2 aliphatic rings. The third kappa shape index (κ3) is 4.62. The van der Waals surface area contributed by atoms with Gasteiger partial charge in [-0.25, -0.2) is 0 Å². The molecule has 0 radical (unpaired) electrons. The number of rotatable bonds is 6. The number of anilines is 1. The van der Waals surface area contributed by atoms with Gasteiger partial charge in [-0.3, -0.25) is 9.59 Å². The zero-order valence-electron chi connectivity index (χ0n) is 14.0. The molecule has 0 saturated carbocycles. The number of amides is 2. The van der Waals surface area contributed by atoms with Crippen molar-refractivity contribution < 1.29 is 19.1 Å². The molecule has 1 aromatic rings. The molecule has 0 bridgehead atoms. The fraction of sp³-hybridized carbons (Fsp3) is 0.529. The van der Waals surface area contributed by atoms with Crippen LogP contribution in [0.4, 0.5) is 5.69 Å². The van der Waals surface area contributed by atoms with Crippen molar-refractivity contribution >= 4 is 29.9 Å². The summed E-state index contributed by atoms with van der Waals surface area (Å²) in [5, 5.41) is 2.87. The zero-order chi connectivity index (χ0) is 16.9. The highest BCUT2D eigenvalue weighted by atomic mass is 35.5. The van der Waals surface area contributed by atoms with Crippen LogP contribution in [0.5, 0.6) is 5.75 Å². The van der Waals surface area contributed by atoms with E-state index in [1.807, 2.05) is 24.3 Å². The largest absolute Gasteiger partial charge is 0.482 e. The van der Waals surface area contributed by atoms with Gasteiger partial charge in [0.25, 0.3) is 5.91 Å². The molecule has 2 aliphatic heterocycles. The van der Waals surface area contributed by atoms with Gasteiger partial charge >= 0.3 is 0 Å². The van der Waals surface area contributed by atoms with Crippen LogP contribution in [-0.4, -0.2) is 50.3 Å². The number of ether oxygens (including phenoxy) is 2. The Morgan fingerprint density at radius 1 is 1.32 bits per heavy atom. The maximum atomic E-state index is 12.0. The highest BCUT2D eigenvalue weighted by Gasteiger charge is 2.29. The van der Waals surface area contributed by atoms with Gasteiger partial charge in [0.2, 0.25) is 5.91 Å². The van der Waals surface area contributed by atoms with Gasteiger partial charge in [0.05, 0.1) is 11.8 Å². The van der Waals surface area contributed by atoms with Crippen molar-refractivity contribution in [2.45, 2.75) is 31.5 Å². The number of benzene rings is 1. The van der Waals surface area contributed by atoms with Crippen LogP contribution in [0.2, 0.25) is 0 Å². The van der Waals surface area contributed by atoms with Crippen molar-refractivity contribution in [1.29, 1.82) is 0 Å². The first-order valence-electron chi connectivity index (χ1n) is 8.34. The van der Waals surface area contributed by atoms with E-state index < -0.39 is 6.10 Å². The molecule has 25 heavy (non-hydrogen) atoms. The van der Waals surface area contributed by atoms with Gasteiger partial charge in [0.1, 0.15) is 11.9 Å². The molecule has 0 aliphatic carbocycles. The van der Waals surface area contributed by atoms with E-state index in [0.29, 0.717) is 38.2 Å². The summed E-state index contributed by atoms with van der Waals surface area (Å²) in [7, 11) is 0. The van der Waals surface area contributed by atoms with Gasteiger partial charge in [0, 0.05) is 19.6 Å². The van der Waals surface area contributed by atoms with Crippen LogP contribution in [0, 0.1) is 0 Å². The van der Waals surface area contributed by atoms with E-state index in [-0.39, 0.29) is 36.9 Å². The second kappa shape index (κ2) is 9.03. The molecule has 138 valence electrons. The van der Waals surface area contributed by atoms with Gasteiger partial charge in [-0.2, -0.15) is 0 Å². The van der Waals surface area contributed by atoms with E-state index >= 15 is 0 Å². The highest BCUT2D eigenvalue weighted by Crippen LogP contribution is 2.31. The predicted molar refractivity (Wildman–Crippen MR) is 96.1 cm³/mol. The lowest BCUT2D eigenvalue weighted by molar-refractivity contribution is -0.131. The molecule has 2 heterocycles. The smallest absolute Gasteiger partial charge is 0.265 e. The number of nitrogens with one attached hydrogen (secondary N) is 1. The van der Waals surface area contributed by atoms with Crippen molar-refractivity contribution in [3.05, 3.63) is 24.3 Å². The molecular formula is C17H24ClN3O4. The SMILES string of the molecule is Cl.NC[C@H]1CC[C@@H](C(=O)NCCCN2C(=O)COc3ccccc32)O1. The molecule has 3 rings (SSSR count). The molecule has 1 fully saturated rings. The van der Waals surface area contributed by atoms with Crippen LogP contribution in [0.25, 0.3) is 0 Å². The van der Waals surface area contributed by atoms with Crippen LogP contribution in [0.1, 0.15) is 19.3 Å². The van der Waals surface area contributed by atoms with E-state index in [4.69, 9.17) is 15.2 Å². The first-order valence-corrected chi connectivity index (χ1v) is 8.34. The zero-order valence-corrected chi connectivity index (χ0v) is 14.8. The lowest BCUT2D eigenvalue weighted by atomic mass is 10.2. The number of nitrogens with zero attached hydrogens (tertiary/aromatic N) is 1. The molecule has 1 aromatic carbocycles. The van der Waals surface area contributed by atoms with Crippen molar-refractivity contribution in [1.82, 2.24) is 5.32 Å². The monoisotopic (exact) mass is 369 g/mol. The van der Waals surface area contributed by atoms with Crippen molar-refractivity contribution in [3.63, 3.8) is 0 Å². The Labute approximate surface area is 153 Å². The Hall–Kier alpha value is -1.83. The fourth-order valence-electron chi connectivity index (χ4n) is 3.03. The number of halogens is 1. The van der Waals surface area contributed by atoms with Crippen molar-refractivity contribution in [2.24, 2.45) is 5.73 Å². The molecule has 1 saturated heterocycles. The van der Waals surface area contributed by atoms with Gasteiger partial charge < -0.3 is 25.4 Å². The van der Waals surface area contributed by atoms with Crippen LogP contribution < -0.4 is 20.7 Å². The number of hydrogen-bond donors (Lipinski definition) is 2. The lowest BCUT2D eigenvalue weighted by Gasteiger charge is -2.29. The maximum Gasteiger partial charge on any atom is 0.265 e. The summed E-state index contributed by atoms with van der Waals surface area (Å²) >= 11 is 0. The Kier molecular flexibility index (Phi) is 7.04. The van der Waals surface area contributed by atoms with E-state index in [1.165, 1.54) is 0 Å². The normalized spacial score (nSPS) is 22.0. The maximum absolute atomic E-state index is 12.0. The molecule has 0 spiro atoms. The lowest BCUT2D eigenvalue weighted by Crippen LogP contribution is -2.41. The second-order valence-electron chi connectivity index (χ2n) is 6.01. The Bertz CT molecular complexity index is 613. The molecule has 0 unspecified atom stereocenters. The summed E-state index contributed by atoms with van der Waals surface area (Å²) in [4.78, 5) is 25.8. The molecule has 3 N–H and O–H groups in total. The summed E-state index contributed by atoms with van der Waals surface area (Å²) in [5.41, 5.74) is 6.33. The predicted octanol–water partition coefficient (Wildman–Crippen LogP) is 0.846. The third-order valence-electron chi connectivity index (χ3n) is 4.33. The number of fused-ring (bicyclic) bond motifs is 1. The number of carbonyl (C=O) groups is 2. The number of nitrogens with two attached hydrogens (primary N) is 1. The average Bonchev–Trinajstić information content (AvgIpc) is 3.09. The summed E-state index contributed by atoms with van der Waals surface area (Å²) in [6, 6.07) is 7.47. The van der Waals surface area contributed by atoms with Crippen LogP contribution in [0.3, 0.4) is 0 Å². The average molecular weight is 370 g/mol. The minimum atomic E-state index is -0.399. The van der Waals surface area contributed by atoms with Gasteiger partial charge in [-0.05, 0) is 31.4 Å². The molecule has 8 heteroatoms. The Balaban J connectivity index is 0.00000225. The van der Waals surface area contributed by atoms with E-state index in [2.05, 4.69) is 5.32 Å². The summed E-state index contributed by atoms with van der Waals surface area (Å²) < 4.78 is 11.0. The summed E-state index contributed by atoms with van der Waals surface area (Å²) in [6.45, 7) is 1.54. The number of para-hydroxylation sites is 2. The molecule has 7 nitrogen and oxygen atoms in total. The van der Waals surface area contributed by atoms with Crippen molar-refractivity contribution in [2.75, 3.05) is 31.1 Å². The van der Waals surface area contributed by atoms with Crippen LogP contribution >= 0.6 is 12.4 Å². The highest BCUT2D eigenvalue weighted by molar-refractivity contribution is 5.97. The number of carbonyl (C=O) groups excluding carboxylic acids is 2. The molecule has 0 aromatic heterocycles. The molecule has 2 amide bonds. The quantitative estimate of drug-likeness (QED) is 0.725. The standard InChI is InChI=1S/C17H23N3O4.ClH/c18-10-12-6-7-15(24-12)17(22)19-8-3-9-20-13-4-1-2-5-14(13)23-11-16(20)21;/h1-2,4-5,12,15H,3,6-11,18H2,(H,19,22);1H/t12-,15+;/m1./s1. The number of hydrogen-bond acceptors (Lipinski definition) is 5. The van der Waals surface area contributed by atoms with Crippen LogP contribution in [0.15, 0.2) is 24.3 Å². The van der Waals surface area contributed by atoms with E-state index in [1.54, 1.807) is 4.90 Å². The first-order chi connectivity index (χ1) is 11.7. The first kappa shape index (κ1) is 19.5. The Morgan fingerprint density at radius 3 is 2.88 bits per heavy atom. The van der Waals surface area contributed by atoms with Gasteiger partial charge in [0.15, 0.2) is 6.61 Å². The van der Waals surface area contributed by atoms with Gasteiger partial charge in [-0.15, -0.1) is 12.4 Å². The molecule has 2 atom stereocenters. The summed E-state index contributed by atoms with van der Waals surface area (Å²) in [6.07, 6.45) is 1.79. The van der Waals surface area contributed by atoms with Crippen molar-refractivity contribution in [3.8, 4) is 5.75 Å². The van der Waals surface area contributed by atoms with Crippen LogP contribution in [-0.2, 0) is 14.3 Å². The minimum Gasteiger partial charge on any atom is -0.482 e. The van der Waals surface area contributed by atoms with E-state index in [9.17, 15) is 9.59 Å². The summed E-state index contributed by atoms with van der Waals surface area (Å²) in [5.74, 6) is 0.554. The fourth-order valence-corrected chi connectivity index (χ4v) is 3.03. The Morgan fingerprint density at radius 2 is 2.12 bits per heavy atom. The minimum absolute atomic E-state index is 0. The third-order valence-corrected chi connectivity index (χ3v) is 4.33. The second-order valence-corrected chi connectivity index (χ2v) is 6.01. The van der Waals surface area contributed by atoms with Gasteiger partial charge in [-0.1, -0.05) is 12.1 Å².